The molecule has 1 aliphatic heterocycles. The molecule has 1 heterocycles. The Labute approximate surface area is 159 Å². The minimum Gasteiger partial charge on any atom is -0.368 e. The third-order valence-corrected chi connectivity index (χ3v) is 6.62. The van der Waals surface area contributed by atoms with Gasteiger partial charge in [-0.1, -0.05) is 0 Å². The van der Waals surface area contributed by atoms with E-state index < -0.39 is 39.4 Å². The lowest BCUT2D eigenvalue weighted by Gasteiger charge is -2.40. The zero-order valence-corrected chi connectivity index (χ0v) is 15.6. The van der Waals surface area contributed by atoms with E-state index in [1.165, 1.54) is 9.21 Å². The van der Waals surface area contributed by atoms with Crippen LogP contribution in [0, 0.1) is 11.6 Å². The van der Waals surface area contributed by atoms with Crippen molar-refractivity contribution in [2.24, 2.45) is 0 Å². The van der Waals surface area contributed by atoms with Crippen molar-refractivity contribution in [3.63, 3.8) is 0 Å². The zero-order valence-electron chi connectivity index (χ0n) is 14.7. The number of piperazine rings is 1. The largest absolute Gasteiger partial charge is 0.418 e. The number of rotatable bonds is 3. The van der Waals surface area contributed by atoms with E-state index in [0.29, 0.717) is 6.07 Å². The third kappa shape index (κ3) is 3.97. The highest BCUT2D eigenvalue weighted by molar-refractivity contribution is 7.89. The van der Waals surface area contributed by atoms with E-state index in [4.69, 9.17) is 0 Å². The minimum absolute atomic E-state index is 0.000519. The Morgan fingerprint density at radius 2 is 1.57 bits per heavy atom. The fourth-order valence-electron chi connectivity index (χ4n) is 3.27. The quantitative estimate of drug-likeness (QED) is 0.708. The van der Waals surface area contributed by atoms with Gasteiger partial charge in [0.25, 0.3) is 0 Å². The smallest absolute Gasteiger partial charge is 0.368 e. The third-order valence-electron chi connectivity index (χ3n) is 4.59. The van der Waals surface area contributed by atoms with E-state index in [-0.39, 0.29) is 30.2 Å². The van der Waals surface area contributed by atoms with Crippen molar-refractivity contribution in [3.05, 3.63) is 59.7 Å². The van der Waals surface area contributed by atoms with Crippen LogP contribution in [0.3, 0.4) is 0 Å². The Morgan fingerprint density at radius 3 is 2.14 bits per heavy atom. The summed E-state index contributed by atoms with van der Waals surface area (Å²) in [6.45, 7) is 1.51. The molecule has 0 bridgehead atoms. The Morgan fingerprint density at radius 1 is 0.964 bits per heavy atom. The van der Waals surface area contributed by atoms with Crippen molar-refractivity contribution < 1.29 is 30.4 Å². The van der Waals surface area contributed by atoms with Gasteiger partial charge in [-0.2, -0.15) is 17.5 Å². The van der Waals surface area contributed by atoms with Crippen LogP contribution < -0.4 is 4.90 Å². The summed E-state index contributed by atoms with van der Waals surface area (Å²) >= 11 is 0. The average molecular weight is 420 g/mol. The van der Waals surface area contributed by atoms with Gasteiger partial charge >= 0.3 is 6.18 Å². The molecule has 4 nitrogen and oxygen atoms in total. The van der Waals surface area contributed by atoms with Crippen LogP contribution in [0.2, 0.25) is 0 Å². The highest BCUT2D eigenvalue weighted by Gasteiger charge is 2.39. The number of alkyl halides is 3. The van der Waals surface area contributed by atoms with Crippen molar-refractivity contribution in [1.82, 2.24) is 4.31 Å². The van der Waals surface area contributed by atoms with E-state index in [9.17, 15) is 30.4 Å². The fraction of sp³-hybridized carbons (Fsp3) is 0.333. The van der Waals surface area contributed by atoms with Gasteiger partial charge in [-0.3, -0.25) is 0 Å². The number of benzene rings is 2. The summed E-state index contributed by atoms with van der Waals surface area (Å²) in [6, 6.07) is 6.13. The number of nitrogens with zero attached hydrogens (tertiary/aromatic N) is 2. The van der Waals surface area contributed by atoms with Crippen molar-refractivity contribution in [3.8, 4) is 0 Å². The molecule has 0 N–H and O–H groups in total. The molecule has 0 aromatic heterocycles. The number of hydrogen-bond acceptors (Lipinski definition) is 3. The van der Waals surface area contributed by atoms with Crippen molar-refractivity contribution in [1.29, 1.82) is 0 Å². The molecule has 1 saturated heterocycles. The van der Waals surface area contributed by atoms with Crippen molar-refractivity contribution >= 4 is 15.7 Å². The lowest BCUT2D eigenvalue weighted by atomic mass is 10.1. The van der Waals surface area contributed by atoms with Gasteiger partial charge in [0.2, 0.25) is 10.0 Å². The van der Waals surface area contributed by atoms with Gasteiger partial charge < -0.3 is 4.90 Å². The molecule has 1 atom stereocenters. The molecule has 0 unspecified atom stereocenters. The standard InChI is InChI=1S/C18H17F5N2O2S/c1-12-11-24(17-7-4-14(20)10-16(17)18(21,22)23)8-9-25(12)28(26,27)15-5-2-13(19)3-6-15/h2-7,10,12H,8-9,11H2,1H3/t12-/m1/s1. The Kier molecular flexibility index (Phi) is 5.37. The Bertz CT molecular complexity index is 961. The first-order valence-electron chi connectivity index (χ1n) is 8.39. The summed E-state index contributed by atoms with van der Waals surface area (Å²) < 4.78 is 92.9. The molecule has 0 saturated carbocycles. The lowest BCUT2D eigenvalue weighted by Crippen LogP contribution is -2.54. The maximum Gasteiger partial charge on any atom is 0.418 e. The highest BCUT2D eigenvalue weighted by Crippen LogP contribution is 2.38. The molecule has 0 radical (unpaired) electrons. The summed E-state index contributed by atoms with van der Waals surface area (Å²) in [7, 11) is -3.92. The SMILES string of the molecule is C[C@@H]1CN(c2ccc(F)cc2C(F)(F)F)CCN1S(=O)(=O)c1ccc(F)cc1. The summed E-state index contributed by atoms with van der Waals surface area (Å²) in [4.78, 5) is 1.30. The fourth-order valence-corrected chi connectivity index (χ4v) is 4.88. The van der Waals surface area contributed by atoms with Crippen LogP contribution >= 0.6 is 0 Å². The lowest BCUT2D eigenvalue weighted by molar-refractivity contribution is -0.137. The first kappa shape index (κ1) is 20.5. The number of sulfonamides is 1. The first-order chi connectivity index (χ1) is 13.0. The predicted octanol–water partition coefficient (Wildman–Crippen LogP) is 3.88. The van der Waals surface area contributed by atoms with Gasteiger partial charge in [0.05, 0.1) is 10.5 Å². The van der Waals surface area contributed by atoms with Gasteiger partial charge in [-0.25, -0.2) is 17.2 Å². The minimum atomic E-state index is -4.74. The van der Waals surface area contributed by atoms with Crippen LogP contribution in [0.15, 0.2) is 47.4 Å². The van der Waals surface area contributed by atoms with Crippen LogP contribution in [0.4, 0.5) is 27.6 Å². The Balaban J connectivity index is 1.86. The molecule has 0 aliphatic carbocycles. The van der Waals surface area contributed by atoms with E-state index in [1.54, 1.807) is 6.92 Å². The zero-order chi connectivity index (χ0) is 20.7. The van der Waals surface area contributed by atoms with Crippen molar-refractivity contribution in [2.45, 2.75) is 24.0 Å². The molecule has 28 heavy (non-hydrogen) atoms. The van der Waals surface area contributed by atoms with Crippen LogP contribution in [0.25, 0.3) is 0 Å². The maximum atomic E-state index is 13.3. The molecule has 1 aliphatic rings. The molecule has 0 spiro atoms. The molecule has 1 fully saturated rings. The monoisotopic (exact) mass is 420 g/mol. The molecule has 2 aromatic rings. The first-order valence-corrected chi connectivity index (χ1v) is 9.83. The molecule has 3 rings (SSSR count). The van der Waals surface area contributed by atoms with Crippen LogP contribution in [0.1, 0.15) is 12.5 Å². The maximum absolute atomic E-state index is 13.3. The second-order valence-electron chi connectivity index (χ2n) is 6.52. The van der Waals surface area contributed by atoms with Gasteiger partial charge in [-0.05, 0) is 49.4 Å². The summed E-state index contributed by atoms with van der Waals surface area (Å²) in [5.41, 5.74) is -1.30. The Hall–Kier alpha value is -2.20. The molecular weight excluding hydrogens is 403 g/mol. The number of halogens is 5. The van der Waals surface area contributed by atoms with E-state index in [2.05, 4.69) is 0 Å². The normalized spacial score (nSPS) is 19.1. The van der Waals surface area contributed by atoms with Gasteiger partial charge in [0.1, 0.15) is 11.6 Å². The van der Waals surface area contributed by atoms with E-state index in [1.807, 2.05) is 0 Å². The summed E-state index contributed by atoms with van der Waals surface area (Å²) in [6.07, 6.45) is -4.74. The molecular formula is C18H17F5N2O2S. The van der Waals surface area contributed by atoms with E-state index >= 15 is 0 Å². The highest BCUT2D eigenvalue weighted by atomic mass is 32.2. The average Bonchev–Trinajstić information content (AvgIpc) is 2.61. The van der Waals surface area contributed by atoms with Crippen LogP contribution in [-0.2, 0) is 16.2 Å². The molecule has 152 valence electrons. The van der Waals surface area contributed by atoms with Gasteiger partial charge in [0, 0.05) is 31.4 Å². The number of anilines is 1. The second kappa shape index (κ2) is 7.32. The predicted molar refractivity (Wildman–Crippen MR) is 93.4 cm³/mol. The van der Waals surface area contributed by atoms with Gasteiger partial charge in [0.15, 0.2) is 0 Å². The van der Waals surface area contributed by atoms with Crippen molar-refractivity contribution in [2.75, 3.05) is 24.5 Å². The topological polar surface area (TPSA) is 40.6 Å². The molecule has 2 aromatic carbocycles. The second-order valence-corrected chi connectivity index (χ2v) is 8.41. The summed E-state index contributed by atoms with van der Waals surface area (Å²) in [5.74, 6) is -1.57. The van der Waals surface area contributed by atoms with E-state index in [0.717, 1.165) is 36.4 Å². The molecule has 10 heteroatoms. The van der Waals surface area contributed by atoms with Crippen LogP contribution in [0.5, 0.6) is 0 Å². The van der Waals surface area contributed by atoms with Gasteiger partial charge in [-0.15, -0.1) is 0 Å². The molecule has 0 amide bonds. The summed E-state index contributed by atoms with van der Waals surface area (Å²) in [5, 5.41) is 0. The van der Waals surface area contributed by atoms with Crippen LogP contribution in [-0.4, -0.2) is 38.4 Å². The number of hydrogen-bond donors (Lipinski definition) is 0.